The number of hydrogen-bond donors (Lipinski definition) is 0. The number of rotatable bonds is 5. The van der Waals surface area contributed by atoms with E-state index in [4.69, 9.17) is 9.47 Å². The summed E-state index contributed by atoms with van der Waals surface area (Å²) in [4.78, 5) is 25.2. The van der Waals surface area contributed by atoms with Crippen LogP contribution in [0.1, 0.15) is 30.4 Å². The summed E-state index contributed by atoms with van der Waals surface area (Å²) in [6.07, 6.45) is 1.88. The molecule has 0 aliphatic heterocycles. The molecule has 0 N–H and O–H groups in total. The predicted molar refractivity (Wildman–Crippen MR) is 99.9 cm³/mol. The van der Waals surface area contributed by atoms with Gasteiger partial charge in [0.05, 0.1) is 13.7 Å². The number of allylic oxidation sites excluding steroid dienone is 2. The van der Waals surface area contributed by atoms with Gasteiger partial charge in [0.15, 0.2) is 5.78 Å². The van der Waals surface area contributed by atoms with Crippen LogP contribution < -0.4 is 4.74 Å². The fourth-order valence-electron chi connectivity index (χ4n) is 3.44. The molecule has 0 fully saturated rings. The van der Waals surface area contributed by atoms with E-state index in [9.17, 15) is 14.0 Å². The highest BCUT2D eigenvalue weighted by atomic mass is 19.1. The molecule has 0 radical (unpaired) electrons. The van der Waals surface area contributed by atoms with Crippen LogP contribution in [0.2, 0.25) is 0 Å². The molecule has 140 valence electrons. The van der Waals surface area contributed by atoms with Crippen molar-refractivity contribution in [3.63, 3.8) is 0 Å². The van der Waals surface area contributed by atoms with E-state index >= 15 is 0 Å². The van der Waals surface area contributed by atoms with Gasteiger partial charge in [0, 0.05) is 5.92 Å². The number of halogens is 1. The number of carbonyl (C=O) groups excluding carboxylic acids is 2. The largest absolute Gasteiger partial charge is 0.497 e. The lowest BCUT2D eigenvalue weighted by molar-refractivity contribution is -0.151. The monoisotopic (exact) mass is 368 g/mol. The van der Waals surface area contributed by atoms with Crippen molar-refractivity contribution < 1.29 is 23.5 Å². The van der Waals surface area contributed by atoms with Gasteiger partial charge in [0.2, 0.25) is 0 Å². The highest BCUT2D eigenvalue weighted by Crippen LogP contribution is 2.40. The molecule has 3 rings (SSSR count). The molecule has 0 saturated carbocycles. The van der Waals surface area contributed by atoms with Crippen molar-refractivity contribution in [2.75, 3.05) is 13.7 Å². The van der Waals surface area contributed by atoms with E-state index < -0.39 is 11.9 Å². The molecule has 27 heavy (non-hydrogen) atoms. The lowest BCUT2D eigenvalue weighted by atomic mass is 9.73. The van der Waals surface area contributed by atoms with Crippen LogP contribution in [0, 0.1) is 11.7 Å². The molecule has 4 nitrogen and oxygen atoms in total. The Kier molecular flexibility index (Phi) is 5.69. The first kappa shape index (κ1) is 18.8. The Morgan fingerprint density at radius 2 is 1.93 bits per heavy atom. The van der Waals surface area contributed by atoms with Crippen molar-refractivity contribution >= 4 is 17.3 Å². The van der Waals surface area contributed by atoms with Crippen LogP contribution in [0.25, 0.3) is 5.57 Å². The highest BCUT2D eigenvalue weighted by molar-refractivity contribution is 6.10. The fraction of sp³-hybridized carbons (Fsp3) is 0.273. The van der Waals surface area contributed by atoms with Crippen LogP contribution >= 0.6 is 0 Å². The molecular formula is C22H21FO4. The molecule has 0 spiro atoms. The minimum atomic E-state index is -0.907. The molecule has 0 aromatic heterocycles. The van der Waals surface area contributed by atoms with Gasteiger partial charge in [0.1, 0.15) is 17.5 Å². The number of ketones is 1. The van der Waals surface area contributed by atoms with Gasteiger partial charge in [-0.15, -0.1) is 0 Å². The van der Waals surface area contributed by atoms with Crippen LogP contribution in [0.5, 0.6) is 5.75 Å². The van der Waals surface area contributed by atoms with E-state index in [1.54, 1.807) is 38.3 Å². The van der Waals surface area contributed by atoms with Gasteiger partial charge in [-0.1, -0.05) is 24.3 Å². The van der Waals surface area contributed by atoms with E-state index in [0.717, 1.165) is 5.56 Å². The first-order chi connectivity index (χ1) is 13.0. The number of ether oxygens (including phenoxy) is 2. The molecule has 0 saturated heterocycles. The van der Waals surface area contributed by atoms with Crippen LogP contribution in [-0.4, -0.2) is 25.5 Å². The summed E-state index contributed by atoms with van der Waals surface area (Å²) in [6, 6.07) is 13.4. The van der Waals surface area contributed by atoms with Crippen molar-refractivity contribution in [2.45, 2.75) is 19.3 Å². The Labute approximate surface area is 157 Å². The fourth-order valence-corrected chi connectivity index (χ4v) is 3.44. The normalized spacial score (nSPS) is 19.4. The maximum absolute atomic E-state index is 13.6. The zero-order chi connectivity index (χ0) is 19.4. The smallest absolute Gasteiger partial charge is 0.317 e. The van der Waals surface area contributed by atoms with Crippen molar-refractivity contribution in [3.8, 4) is 5.75 Å². The second-order valence-corrected chi connectivity index (χ2v) is 6.40. The number of carbonyl (C=O) groups is 2. The maximum atomic E-state index is 13.6. The standard InChI is InChI=1S/C22H21FO4/c1-3-27-22(25)21-19(14-7-9-18(26-2)10-8-14)12-16(13-20(21)24)15-5-4-6-17(23)11-15/h4-11,13,19,21H,3,12H2,1-2H3/t19-,21-/m1/s1. The molecule has 0 amide bonds. The average Bonchev–Trinajstić information content (AvgIpc) is 2.67. The Hall–Kier alpha value is -2.95. The van der Waals surface area contributed by atoms with E-state index in [0.29, 0.717) is 23.3 Å². The molecule has 1 aliphatic carbocycles. The zero-order valence-electron chi connectivity index (χ0n) is 15.3. The lowest BCUT2D eigenvalue weighted by Crippen LogP contribution is -2.34. The second-order valence-electron chi connectivity index (χ2n) is 6.40. The summed E-state index contributed by atoms with van der Waals surface area (Å²) < 4.78 is 23.9. The summed E-state index contributed by atoms with van der Waals surface area (Å²) in [7, 11) is 1.57. The third kappa shape index (κ3) is 4.08. The van der Waals surface area contributed by atoms with E-state index in [1.165, 1.54) is 18.2 Å². The van der Waals surface area contributed by atoms with E-state index in [1.807, 2.05) is 12.1 Å². The second kappa shape index (κ2) is 8.16. The lowest BCUT2D eigenvalue weighted by Gasteiger charge is -2.29. The summed E-state index contributed by atoms with van der Waals surface area (Å²) in [5.74, 6) is -1.82. The quantitative estimate of drug-likeness (QED) is 0.588. The molecule has 1 aliphatic rings. The zero-order valence-corrected chi connectivity index (χ0v) is 15.3. The molecule has 0 heterocycles. The first-order valence-electron chi connectivity index (χ1n) is 8.84. The molecular weight excluding hydrogens is 347 g/mol. The highest BCUT2D eigenvalue weighted by Gasteiger charge is 2.39. The minimum Gasteiger partial charge on any atom is -0.497 e. The molecule has 2 atom stereocenters. The van der Waals surface area contributed by atoms with Gasteiger partial charge in [-0.3, -0.25) is 9.59 Å². The Morgan fingerprint density at radius 3 is 2.56 bits per heavy atom. The number of benzene rings is 2. The van der Waals surface area contributed by atoms with Crippen molar-refractivity contribution in [1.82, 2.24) is 0 Å². The van der Waals surface area contributed by atoms with Gasteiger partial charge in [0.25, 0.3) is 0 Å². The maximum Gasteiger partial charge on any atom is 0.317 e. The van der Waals surface area contributed by atoms with Crippen LogP contribution in [0.3, 0.4) is 0 Å². The van der Waals surface area contributed by atoms with Gasteiger partial charge >= 0.3 is 5.97 Å². The Morgan fingerprint density at radius 1 is 1.19 bits per heavy atom. The SMILES string of the molecule is CCOC(=O)[C@H]1C(=O)C=C(c2cccc(F)c2)C[C@@H]1c1ccc(OC)cc1. The molecule has 5 heteroatoms. The van der Waals surface area contributed by atoms with Gasteiger partial charge in [-0.2, -0.15) is 0 Å². The summed E-state index contributed by atoms with van der Waals surface area (Å²) in [6.45, 7) is 1.92. The average molecular weight is 368 g/mol. The van der Waals surface area contributed by atoms with Gasteiger partial charge < -0.3 is 9.47 Å². The molecule has 2 aromatic rings. The van der Waals surface area contributed by atoms with E-state index in [-0.39, 0.29) is 24.1 Å². The van der Waals surface area contributed by atoms with Crippen molar-refractivity contribution in [3.05, 3.63) is 71.6 Å². The Bertz CT molecular complexity index is 870. The molecule has 0 bridgehead atoms. The topological polar surface area (TPSA) is 52.6 Å². The van der Waals surface area contributed by atoms with E-state index in [2.05, 4.69) is 0 Å². The van der Waals surface area contributed by atoms with Gasteiger partial charge in [-0.05, 0) is 60.4 Å². The summed E-state index contributed by atoms with van der Waals surface area (Å²) in [5.41, 5.74) is 2.19. The van der Waals surface area contributed by atoms with Crippen LogP contribution in [0.15, 0.2) is 54.6 Å². The molecule has 0 unspecified atom stereocenters. The van der Waals surface area contributed by atoms with Crippen LogP contribution in [0.4, 0.5) is 4.39 Å². The van der Waals surface area contributed by atoms with Gasteiger partial charge in [-0.25, -0.2) is 4.39 Å². The van der Waals surface area contributed by atoms with Crippen LogP contribution in [-0.2, 0) is 14.3 Å². The predicted octanol–water partition coefficient (Wildman–Crippen LogP) is 4.15. The summed E-state index contributed by atoms with van der Waals surface area (Å²) in [5, 5.41) is 0. The number of methoxy groups -OCH3 is 1. The summed E-state index contributed by atoms with van der Waals surface area (Å²) >= 11 is 0. The molecule has 2 aromatic carbocycles. The third-order valence-corrected chi connectivity index (χ3v) is 4.75. The van der Waals surface area contributed by atoms with Crippen molar-refractivity contribution in [2.24, 2.45) is 5.92 Å². The number of esters is 1. The number of hydrogen-bond acceptors (Lipinski definition) is 4. The Balaban J connectivity index is 2.01. The third-order valence-electron chi connectivity index (χ3n) is 4.75. The van der Waals surface area contributed by atoms with Crippen molar-refractivity contribution in [1.29, 1.82) is 0 Å². The minimum absolute atomic E-state index is 0.207. The first-order valence-corrected chi connectivity index (χ1v) is 8.84.